The van der Waals surface area contributed by atoms with Crippen LogP contribution in [0.2, 0.25) is 0 Å². The smallest absolute Gasteiger partial charge is 0.182 e. The predicted octanol–water partition coefficient (Wildman–Crippen LogP) is 9.27. The maximum Gasteiger partial charge on any atom is 0.182 e. The van der Waals surface area contributed by atoms with Gasteiger partial charge in [-0.15, -0.1) is 5.10 Å². The van der Waals surface area contributed by atoms with E-state index in [0.717, 1.165) is 29.1 Å². The second-order valence-electron chi connectivity index (χ2n) is 11.1. The van der Waals surface area contributed by atoms with Gasteiger partial charge in [-0.2, -0.15) is 0 Å². The Morgan fingerprint density at radius 3 is 1.67 bits per heavy atom. The number of para-hydroxylation sites is 2. The molecule has 0 atom stereocenters. The largest absolute Gasteiger partial charge is 0.309 e. The third-order valence-electron chi connectivity index (χ3n) is 8.61. The molecule has 1 aliphatic carbocycles. The van der Waals surface area contributed by atoms with Crippen molar-refractivity contribution in [3.63, 3.8) is 0 Å². The van der Waals surface area contributed by atoms with E-state index >= 15 is 0 Å². The average molecular weight is 551 g/mol. The highest BCUT2D eigenvalue weighted by molar-refractivity contribution is 6.09. The number of hydrogen-bond donors (Lipinski definition) is 0. The molecule has 43 heavy (non-hydrogen) atoms. The Labute approximate surface area is 249 Å². The van der Waals surface area contributed by atoms with E-state index in [1.54, 1.807) is 0 Å². The molecule has 9 rings (SSSR count). The van der Waals surface area contributed by atoms with Crippen molar-refractivity contribution in [1.82, 2.24) is 19.3 Å². The highest BCUT2D eigenvalue weighted by atomic mass is 15.4. The molecule has 202 valence electrons. The molecule has 6 aromatic carbocycles. The maximum absolute atomic E-state index is 5.04. The van der Waals surface area contributed by atoms with Crippen LogP contribution in [0.3, 0.4) is 0 Å². The van der Waals surface area contributed by atoms with E-state index in [2.05, 4.69) is 114 Å². The minimum Gasteiger partial charge on any atom is -0.309 e. The van der Waals surface area contributed by atoms with E-state index in [1.165, 1.54) is 49.7 Å². The van der Waals surface area contributed by atoms with E-state index in [9.17, 15) is 0 Å². The summed E-state index contributed by atoms with van der Waals surface area (Å²) in [6.07, 6.45) is 0.927. The summed E-state index contributed by atoms with van der Waals surface area (Å²) in [6.45, 7) is 0. The van der Waals surface area contributed by atoms with Gasteiger partial charge in [0, 0.05) is 27.6 Å². The molecule has 0 saturated carbocycles. The number of rotatable bonds is 4. The predicted molar refractivity (Wildman–Crippen MR) is 175 cm³/mol. The highest BCUT2D eigenvalue weighted by Crippen LogP contribution is 2.41. The van der Waals surface area contributed by atoms with Crippen LogP contribution in [-0.4, -0.2) is 19.3 Å². The SMILES string of the molecule is c1ccc(-c2nc(-c3ccccc3)n(-c3ccc4c(c3)-c3cc(-n5c6ccccc6c6ccccc65)ccc3C4)n2)cc1. The average Bonchev–Trinajstić information content (AvgIpc) is 3.77. The third kappa shape index (κ3) is 3.77. The Morgan fingerprint density at radius 1 is 0.488 bits per heavy atom. The van der Waals surface area contributed by atoms with Gasteiger partial charge in [0.1, 0.15) is 0 Å². The number of nitrogens with zero attached hydrogens (tertiary/aromatic N) is 4. The van der Waals surface area contributed by atoms with Crippen molar-refractivity contribution >= 4 is 21.8 Å². The first kappa shape index (κ1) is 23.9. The first-order chi connectivity index (χ1) is 21.3. The molecule has 2 aromatic heterocycles. The fourth-order valence-electron chi connectivity index (χ4n) is 6.59. The van der Waals surface area contributed by atoms with Crippen LogP contribution in [0.1, 0.15) is 11.1 Å². The van der Waals surface area contributed by atoms with Crippen molar-refractivity contribution in [2.24, 2.45) is 0 Å². The minimum atomic E-state index is 0.717. The van der Waals surface area contributed by atoms with Crippen LogP contribution >= 0.6 is 0 Å². The van der Waals surface area contributed by atoms with Gasteiger partial charge in [0.05, 0.1) is 16.7 Å². The molecule has 2 heterocycles. The normalized spacial score (nSPS) is 12.1. The van der Waals surface area contributed by atoms with Gasteiger partial charge < -0.3 is 4.57 Å². The third-order valence-corrected chi connectivity index (χ3v) is 8.61. The molecule has 0 amide bonds. The lowest BCUT2D eigenvalue weighted by molar-refractivity contribution is 0.890. The second kappa shape index (κ2) is 9.40. The van der Waals surface area contributed by atoms with E-state index in [4.69, 9.17) is 10.1 Å². The van der Waals surface area contributed by atoms with Crippen LogP contribution in [0.25, 0.3) is 67.1 Å². The van der Waals surface area contributed by atoms with Gasteiger partial charge in [0.2, 0.25) is 0 Å². The summed E-state index contributed by atoms with van der Waals surface area (Å²) in [5.41, 5.74) is 11.9. The molecule has 0 bridgehead atoms. The van der Waals surface area contributed by atoms with E-state index in [0.29, 0.717) is 5.82 Å². The topological polar surface area (TPSA) is 35.6 Å². The summed E-state index contributed by atoms with van der Waals surface area (Å²) in [5.74, 6) is 1.55. The van der Waals surface area contributed by atoms with Crippen LogP contribution in [0.5, 0.6) is 0 Å². The zero-order valence-corrected chi connectivity index (χ0v) is 23.4. The number of aromatic nitrogens is 4. The lowest BCUT2D eigenvalue weighted by Gasteiger charge is -2.11. The zero-order chi connectivity index (χ0) is 28.3. The summed E-state index contributed by atoms with van der Waals surface area (Å²) in [6, 6.07) is 51.5. The van der Waals surface area contributed by atoms with Crippen molar-refractivity contribution in [2.75, 3.05) is 0 Å². The van der Waals surface area contributed by atoms with E-state index in [-0.39, 0.29) is 0 Å². The molecule has 4 heteroatoms. The van der Waals surface area contributed by atoms with Crippen LogP contribution in [0.15, 0.2) is 146 Å². The molecular weight excluding hydrogens is 524 g/mol. The van der Waals surface area contributed by atoms with Crippen LogP contribution in [0.4, 0.5) is 0 Å². The first-order valence-corrected chi connectivity index (χ1v) is 14.6. The van der Waals surface area contributed by atoms with E-state index < -0.39 is 0 Å². The van der Waals surface area contributed by atoms with Crippen molar-refractivity contribution < 1.29 is 0 Å². The van der Waals surface area contributed by atoms with Gasteiger partial charge in [0.25, 0.3) is 0 Å². The maximum atomic E-state index is 5.04. The molecule has 0 unspecified atom stereocenters. The van der Waals surface area contributed by atoms with E-state index in [1.807, 2.05) is 41.1 Å². The second-order valence-corrected chi connectivity index (χ2v) is 11.1. The molecular formula is C39H26N4. The molecule has 0 N–H and O–H groups in total. The molecule has 8 aromatic rings. The van der Waals surface area contributed by atoms with Crippen molar-refractivity contribution in [3.05, 3.63) is 157 Å². The van der Waals surface area contributed by atoms with Crippen molar-refractivity contribution in [3.8, 4) is 45.3 Å². The Bertz CT molecular complexity index is 2260. The van der Waals surface area contributed by atoms with Crippen molar-refractivity contribution in [2.45, 2.75) is 6.42 Å². The molecule has 0 spiro atoms. The van der Waals surface area contributed by atoms with Gasteiger partial charge in [-0.3, -0.25) is 0 Å². The minimum absolute atomic E-state index is 0.717. The fourth-order valence-corrected chi connectivity index (χ4v) is 6.59. The Kier molecular flexibility index (Phi) is 5.23. The molecule has 0 fully saturated rings. The number of benzene rings is 6. The Hall–Kier alpha value is -5.74. The van der Waals surface area contributed by atoms with Gasteiger partial charge >= 0.3 is 0 Å². The molecule has 0 aliphatic heterocycles. The molecule has 1 aliphatic rings. The Balaban J connectivity index is 1.21. The lowest BCUT2D eigenvalue weighted by Crippen LogP contribution is -2.00. The summed E-state index contributed by atoms with van der Waals surface area (Å²) in [5, 5.41) is 7.58. The number of fused-ring (bicyclic) bond motifs is 6. The van der Waals surface area contributed by atoms with Gasteiger partial charge in [-0.25, -0.2) is 9.67 Å². The fraction of sp³-hybridized carbons (Fsp3) is 0.0256. The summed E-state index contributed by atoms with van der Waals surface area (Å²) in [4.78, 5) is 5.02. The van der Waals surface area contributed by atoms with Gasteiger partial charge in [-0.1, -0.05) is 109 Å². The monoisotopic (exact) mass is 550 g/mol. The van der Waals surface area contributed by atoms with Crippen LogP contribution in [-0.2, 0) is 6.42 Å². The molecule has 0 saturated heterocycles. The van der Waals surface area contributed by atoms with Gasteiger partial charge in [-0.05, 0) is 65.1 Å². The quantitative estimate of drug-likeness (QED) is 0.219. The van der Waals surface area contributed by atoms with Crippen molar-refractivity contribution in [1.29, 1.82) is 0 Å². The molecule has 0 radical (unpaired) electrons. The molecule has 4 nitrogen and oxygen atoms in total. The number of hydrogen-bond acceptors (Lipinski definition) is 2. The van der Waals surface area contributed by atoms with Gasteiger partial charge in [0.15, 0.2) is 11.6 Å². The first-order valence-electron chi connectivity index (χ1n) is 14.6. The van der Waals surface area contributed by atoms with Crippen LogP contribution < -0.4 is 0 Å². The lowest BCUT2D eigenvalue weighted by atomic mass is 10.0. The summed E-state index contributed by atoms with van der Waals surface area (Å²) >= 11 is 0. The Morgan fingerprint density at radius 2 is 1.02 bits per heavy atom. The summed E-state index contributed by atoms with van der Waals surface area (Å²) < 4.78 is 4.39. The standard InChI is InChI=1S/C39H26N4/c1-3-11-26(12-4-1)38-40-39(27-13-5-2-6-14-27)43(41-38)31-22-20-29-23-28-19-21-30(24-34(28)35(29)25-31)42-36-17-9-7-15-32(36)33-16-8-10-18-37(33)42/h1-22,24-25H,23H2. The summed E-state index contributed by atoms with van der Waals surface area (Å²) in [7, 11) is 0. The van der Waals surface area contributed by atoms with Crippen LogP contribution in [0, 0.1) is 0 Å². The zero-order valence-electron chi connectivity index (χ0n) is 23.4. The highest BCUT2D eigenvalue weighted by Gasteiger charge is 2.23.